The maximum Gasteiger partial charge on any atom is 0.218 e. The minimum atomic E-state index is 1.19. The summed E-state index contributed by atoms with van der Waals surface area (Å²) in [6, 6.07) is 0. The molecule has 0 radical (unpaired) electrons. The molecule has 0 N–H and O–H groups in total. The van der Waals surface area contributed by atoms with Crippen molar-refractivity contribution < 1.29 is 0 Å². The van der Waals surface area contributed by atoms with Crippen molar-refractivity contribution in [2.24, 2.45) is 0 Å². The van der Waals surface area contributed by atoms with E-state index in [1.807, 2.05) is 0 Å². The molecule has 0 aromatic heterocycles. The molecule has 0 aromatic rings. The van der Waals surface area contributed by atoms with Gasteiger partial charge in [-0.05, 0) is 12.8 Å². The summed E-state index contributed by atoms with van der Waals surface area (Å²) in [5.74, 6) is 0. The van der Waals surface area contributed by atoms with Gasteiger partial charge in [-0.15, -0.1) is 0 Å². The molecule has 0 atom stereocenters. The average molecular weight is 81.1 g/mol. The van der Waals surface area contributed by atoms with Gasteiger partial charge in [0.15, 0.2) is 12.5 Å². The molecular formula is C6H9+. The van der Waals surface area contributed by atoms with Crippen LogP contribution in [0.5, 0.6) is 0 Å². The minimum Gasteiger partial charge on any atom is -0.0408 e. The third kappa shape index (κ3) is 0.803. The molecule has 1 aliphatic carbocycles. The molecule has 0 saturated heterocycles. The van der Waals surface area contributed by atoms with E-state index in [-0.39, 0.29) is 0 Å². The lowest BCUT2D eigenvalue weighted by atomic mass is 10.1. The van der Waals surface area contributed by atoms with Gasteiger partial charge in [-0.3, -0.25) is 0 Å². The summed E-state index contributed by atoms with van der Waals surface area (Å²) in [5, 5.41) is 0. The Balaban J connectivity index is 2.26. The second-order valence-electron chi connectivity index (χ2n) is 1.65. The zero-order valence-electron chi connectivity index (χ0n) is 3.91. The molecule has 0 aromatic carbocycles. The third-order valence-electron chi connectivity index (χ3n) is 1.06. The molecule has 1 rings (SSSR count). The van der Waals surface area contributed by atoms with Gasteiger partial charge in [0.05, 0.1) is 0 Å². The quantitative estimate of drug-likeness (QED) is 0.391. The van der Waals surface area contributed by atoms with E-state index >= 15 is 0 Å². The van der Waals surface area contributed by atoms with E-state index in [1.165, 1.54) is 25.7 Å². The van der Waals surface area contributed by atoms with Crippen molar-refractivity contribution in [1.29, 1.82) is 0 Å². The summed E-state index contributed by atoms with van der Waals surface area (Å²) >= 11 is 0. The van der Waals surface area contributed by atoms with Crippen LogP contribution in [0.2, 0.25) is 0 Å². The van der Waals surface area contributed by atoms with Gasteiger partial charge in [0, 0.05) is 6.42 Å². The first-order chi connectivity index (χ1) is 3.00. The van der Waals surface area contributed by atoms with E-state index in [4.69, 9.17) is 0 Å². The van der Waals surface area contributed by atoms with E-state index in [9.17, 15) is 0 Å². The molecule has 0 spiro atoms. The number of hydrogen-bond donors (Lipinski definition) is 0. The van der Waals surface area contributed by atoms with Gasteiger partial charge in [-0.1, -0.05) is 0 Å². The Labute approximate surface area is 38.9 Å². The summed E-state index contributed by atoms with van der Waals surface area (Å²) < 4.78 is 0. The Bertz CT molecular complexity index is 45.1. The Morgan fingerprint density at radius 1 is 1.33 bits per heavy atom. The average Bonchev–Trinajstić information content (AvgIpc) is 1.72. The smallest absolute Gasteiger partial charge is 0.0408 e. The van der Waals surface area contributed by atoms with Crippen LogP contribution in [-0.4, -0.2) is 0 Å². The highest BCUT2D eigenvalue weighted by Crippen LogP contribution is 2.06. The second-order valence-corrected chi connectivity index (χ2v) is 1.65. The van der Waals surface area contributed by atoms with Gasteiger partial charge in [0.1, 0.15) is 0 Å². The number of rotatable bonds is 0. The zero-order chi connectivity index (χ0) is 4.24. The van der Waals surface area contributed by atoms with Crippen molar-refractivity contribution in [3.05, 3.63) is 12.2 Å². The predicted octanol–water partition coefficient (Wildman–Crippen LogP) is 1.92. The summed E-state index contributed by atoms with van der Waals surface area (Å²) in [5.41, 5.74) is 0. The van der Waals surface area contributed by atoms with E-state index in [0.717, 1.165) is 0 Å². The van der Waals surface area contributed by atoms with Crippen LogP contribution in [0.4, 0.5) is 0 Å². The van der Waals surface area contributed by atoms with Gasteiger partial charge in [-0.25, -0.2) is 0 Å². The topological polar surface area (TPSA) is 0 Å². The lowest BCUT2D eigenvalue weighted by molar-refractivity contribution is 0.718. The lowest BCUT2D eigenvalue weighted by Crippen LogP contribution is -1.78. The summed E-state index contributed by atoms with van der Waals surface area (Å²) in [6.07, 6.45) is 10.5. The van der Waals surface area contributed by atoms with Crippen LogP contribution >= 0.6 is 0 Å². The molecular weight excluding hydrogens is 72.1 g/mol. The van der Waals surface area contributed by atoms with E-state index < -0.39 is 0 Å². The normalized spacial score (nSPS) is 20.0. The lowest BCUT2D eigenvalue weighted by Gasteiger charge is -1.86. The van der Waals surface area contributed by atoms with Crippen molar-refractivity contribution in [2.45, 2.75) is 25.7 Å². The fraction of sp³-hybridized carbons (Fsp3) is 0.667. The largest absolute Gasteiger partial charge is 0.218 e. The van der Waals surface area contributed by atoms with Crippen molar-refractivity contribution in [3.63, 3.8) is 0 Å². The molecule has 32 valence electrons. The van der Waals surface area contributed by atoms with E-state index in [1.54, 1.807) is 0 Å². The number of allylic oxidation sites excluding steroid dienone is 2. The van der Waals surface area contributed by atoms with Crippen LogP contribution in [0.15, 0.2) is 6.08 Å². The minimum absolute atomic E-state index is 1.19. The molecule has 0 heterocycles. The van der Waals surface area contributed by atoms with Crippen LogP contribution < -0.4 is 0 Å². The van der Waals surface area contributed by atoms with Crippen LogP contribution in [-0.2, 0) is 0 Å². The molecule has 0 bridgehead atoms. The van der Waals surface area contributed by atoms with Gasteiger partial charge in [0.2, 0.25) is 6.08 Å². The van der Waals surface area contributed by atoms with Gasteiger partial charge in [0.25, 0.3) is 0 Å². The SMILES string of the molecule is [C+]1=CCCCC1. The second kappa shape index (κ2) is 1.94. The molecule has 6 heavy (non-hydrogen) atoms. The van der Waals surface area contributed by atoms with Gasteiger partial charge < -0.3 is 0 Å². The van der Waals surface area contributed by atoms with Crippen molar-refractivity contribution in [2.75, 3.05) is 0 Å². The fourth-order valence-electron chi connectivity index (χ4n) is 0.678. The molecule has 0 aliphatic heterocycles. The maximum atomic E-state index is 3.16. The first kappa shape index (κ1) is 3.83. The third-order valence-corrected chi connectivity index (χ3v) is 1.06. The molecule has 0 saturated carbocycles. The zero-order valence-corrected chi connectivity index (χ0v) is 3.91. The Kier molecular flexibility index (Phi) is 1.24. The van der Waals surface area contributed by atoms with E-state index in [0.29, 0.717) is 0 Å². The highest BCUT2D eigenvalue weighted by molar-refractivity contribution is 4.77. The Hall–Kier alpha value is -0.350. The summed E-state index contributed by atoms with van der Waals surface area (Å²) in [4.78, 5) is 0. The van der Waals surface area contributed by atoms with Crippen molar-refractivity contribution in [3.8, 4) is 0 Å². The van der Waals surface area contributed by atoms with Crippen LogP contribution in [0.3, 0.4) is 0 Å². The number of hydrogen-bond acceptors (Lipinski definition) is 0. The molecule has 0 nitrogen and oxygen atoms in total. The summed E-state index contributed by atoms with van der Waals surface area (Å²) in [7, 11) is 0. The standard InChI is InChI=1S/C6H9/c1-2-4-6-5-3-1/h1H,2,4-6H2/q+1. The first-order valence-electron chi connectivity index (χ1n) is 2.55. The Morgan fingerprint density at radius 3 is 2.50 bits per heavy atom. The molecule has 0 heteroatoms. The van der Waals surface area contributed by atoms with Crippen LogP contribution in [0.25, 0.3) is 0 Å². The first-order valence-corrected chi connectivity index (χ1v) is 2.55. The monoisotopic (exact) mass is 81.1 g/mol. The molecule has 0 fully saturated rings. The molecule has 1 aliphatic rings. The maximum absolute atomic E-state index is 3.16. The fourth-order valence-corrected chi connectivity index (χ4v) is 0.678. The highest BCUT2D eigenvalue weighted by Gasteiger charge is 2.00. The van der Waals surface area contributed by atoms with Crippen LogP contribution in [0.1, 0.15) is 25.7 Å². The van der Waals surface area contributed by atoms with Crippen molar-refractivity contribution >= 4 is 0 Å². The molecule has 0 amide bonds. The predicted molar refractivity (Wildman–Crippen MR) is 26.3 cm³/mol. The van der Waals surface area contributed by atoms with Crippen molar-refractivity contribution in [1.82, 2.24) is 0 Å². The van der Waals surface area contributed by atoms with Crippen LogP contribution in [0, 0.1) is 6.08 Å². The Morgan fingerprint density at radius 2 is 2.33 bits per heavy atom. The molecule has 0 unspecified atom stereocenters. The highest BCUT2D eigenvalue weighted by atomic mass is 13.9. The van der Waals surface area contributed by atoms with E-state index in [2.05, 4.69) is 12.2 Å². The van der Waals surface area contributed by atoms with Gasteiger partial charge >= 0.3 is 0 Å². The summed E-state index contributed by atoms with van der Waals surface area (Å²) in [6.45, 7) is 0. The van der Waals surface area contributed by atoms with Gasteiger partial charge in [-0.2, -0.15) is 0 Å².